The first-order chi connectivity index (χ1) is 12.3. The number of nitrogens with zero attached hydrogens (tertiary/aromatic N) is 3. The molecule has 0 aliphatic carbocycles. The molecule has 2 aromatic heterocycles. The molecule has 0 saturated heterocycles. The van der Waals surface area contributed by atoms with E-state index in [1.54, 1.807) is 6.07 Å². The van der Waals surface area contributed by atoms with Crippen LogP contribution < -0.4 is 4.74 Å². The van der Waals surface area contributed by atoms with Crippen LogP contribution in [0.4, 0.5) is 13.2 Å². The maximum Gasteiger partial charge on any atom is 0.491 e. The fourth-order valence-electron chi connectivity index (χ4n) is 2.10. The van der Waals surface area contributed by atoms with Crippen molar-refractivity contribution in [2.24, 2.45) is 0 Å². The van der Waals surface area contributed by atoms with Crippen LogP contribution in [-0.2, 0) is 4.79 Å². The highest BCUT2D eigenvalue weighted by Gasteiger charge is 2.42. The summed E-state index contributed by atoms with van der Waals surface area (Å²) in [5, 5.41) is 7.71. The Kier molecular flexibility index (Phi) is 4.45. The number of ether oxygens (including phenoxy) is 1. The molecule has 0 N–H and O–H groups in total. The van der Waals surface area contributed by atoms with Gasteiger partial charge in [-0.2, -0.15) is 13.2 Å². The van der Waals surface area contributed by atoms with E-state index in [4.69, 9.17) is 4.42 Å². The Morgan fingerprint density at radius 3 is 2.50 bits per heavy atom. The van der Waals surface area contributed by atoms with Crippen molar-refractivity contribution in [1.29, 1.82) is 0 Å². The van der Waals surface area contributed by atoms with Crippen LogP contribution in [-0.4, -0.2) is 27.3 Å². The first-order valence-electron chi connectivity index (χ1n) is 7.41. The molecule has 0 spiro atoms. The van der Waals surface area contributed by atoms with Gasteiger partial charge in [0.05, 0.1) is 0 Å². The number of pyridine rings is 1. The van der Waals surface area contributed by atoms with E-state index in [2.05, 4.69) is 19.9 Å². The summed E-state index contributed by atoms with van der Waals surface area (Å²) in [4.78, 5) is 14.7. The number of halogens is 3. The number of carbonyl (C=O) groups is 1. The lowest BCUT2D eigenvalue weighted by Crippen LogP contribution is -2.28. The number of hydrogen-bond acceptors (Lipinski definition) is 6. The van der Waals surface area contributed by atoms with Crippen LogP contribution in [0.15, 0.2) is 40.9 Å². The molecule has 0 atom stereocenters. The van der Waals surface area contributed by atoms with Crippen molar-refractivity contribution < 1.29 is 27.1 Å². The third kappa shape index (κ3) is 3.56. The monoisotopic (exact) mass is 363 g/mol. The second-order valence-corrected chi connectivity index (χ2v) is 5.45. The van der Waals surface area contributed by atoms with Crippen LogP contribution >= 0.6 is 0 Å². The molecule has 0 aliphatic rings. The van der Waals surface area contributed by atoms with Gasteiger partial charge in [0.2, 0.25) is 11.8 Å². The topological polar surface area (TPSA) is 78.1 Å². The number of aromatic nitrogens is 3. The second kappa shape index (κ2) is 6.58. The van der Waals surface area contributed by atoms with Gasteiger partial charge < -0.3 is 9.15 Å². The summed E-state index contributed by atoms with van der Waals surface area (Å²) in [6.45, 7) is 3.88. The summed E-state index contributed by atoms with van der Waals surface area (Å²) >= 11 is 0. The van der Waals surface area contributed by atoms with Crippen molar-refractivity contribution in [3.63, 3.8) is 0 Å². The summed E-state index contributed by atoms with van der Waals surface area (Å²) in [5.41, 5.74) is 2.74. The van der Waals surface area contributed by atoms with Crippen molar-refractivity contribution in [1.82, 2.24) is 15.2 Å². The third-order valence-corrected chi connectivity index (χ3v) is 3.60. The van der Waals surface area contributed by atoms with Crippen LogP contribution in [0.5, 0.6) is 5.88 Å². The average molecular weight is 363 g/mol. The molecule has 134 valence electrons. The summed E-state index contributed by atoms with van der Waals surface area (Å²) < 4.78 is 47.1. The molecule has 2 heterocycles. The largest absolute Gasteiger partial charge is 0.491 e. The molecule has 0 bridgehead atoms. The molecule has 0 unspecified atom stereocenters. The SMILES string of the molecule is Cc1ccc(-c2nnc(-c3cccnc3OC(=O)C(F)(F)F)o2)cc1C. The maximum absolute atomic E-state index is 12.4. The van der Waals surface area contributed by atoms with Gasteiger partial charge in [-0.1, -0.05) is 6.07 Å². The molecule has 6 nitrogen and oxygen atoms in total. The average Bonchev–Trinajstić information content (AvgIpc) is 3.07. The predicted octanol–water partition coefficient (Wildman–Crippen LogP) is 3.88. The number of rotatable bonds is 3. The minimum atomic E-state index is -5.14. The van der Waals surface area contributed by atoms with E-state index in [1.807, 2.05) is 26.0 Å². The Morgan fingerprint density at radius 2 is 1.81 bits per heavy atom. The van der Waals surface area contributed by atoms with E-state index >= 15 is 0 Å². The molecule has 3 rings (SSSR count). The van der Waals surface area contributed by atoms with Gasteiger partial charge in [-0.15, -0.1) is 10.2 Å². The second-order valence-electron chi connectivity index (χ2n) is 5.45. The highest BCUT2D eigenvalue weighted by molar-refractivity contribution is 5.79. The standard InChI is InChI=1S/C17H12F3N3O3/c1-9-5-6-11(8-10(9)2)13-22-23-15(25-13)12-4-3-7-21-14(12)26-16(24)17(18,19)20/h3-8H,1-2H3. The number of alkyl halides is 3. The Morgan fingerprint density at radius 1 is 1.08 bits per heavy atom. The Balaban J connectivity index is 1.95. The van der Waals surface area contributed by atoms with Gasteiger partial charge in [-0.05, 0) is 49.2 Å². The van der Waals surface area contributed by atoms with Gasteiger partial charge >= 0.3 is 12.1 Å². The van der Waals surface area contributed by atoms with Gasteiger partial charge in [0.15, 0.2) is 0 Å². The van der Waals surface area contributed by atoms with E-state index in [-0.39, 0.29) is 17.3 Å². The molecule has 26 heavy (non-hydrogen) atoms. The zero-order chi connectivity index (χ0) is 18.9. The summed E-state index contributed by atoms with van der Waals surface area (Å²) in [6.07, 6.45) is -3.96. The first kappa shape index (κ1) is 17.6. The third-order valence-electron chi connectivity index (χ3n) is 3.60. The number of esters is 1. The summed E-state index contributed by atoms with van der Waals surface area (Å²) in [6, 6.07) is 8.33. The lowest BCUT2D eigenvalue weighted by molar-refractivity contribution is -0.189. The number of benzene rings is 1. The van der Waals surface area contributed by atoms with Crippen molar-refractivity contribution in [2.75, 3.05) is 0 Å². The minimum Gasteiger partial charge on any atom is -0.416 e. The molecule has 0 saturated carbocycles. The normalized spacial score (nSPS) is 11.4. The molecule has 0 amide bonds. The van der Waals surface area contributed by atoms with E-state index in [0.717, 1.165) is 11.1 Å². The zero-order valence-electron chi connectivity index (χ0n) is 13.7. The van der Waals surface area contributed by atoms with Crippen LogP contribution in [0, 0.1) is 13.8 Å². The molecule has 1 aromatic carbocycles. The summed E-state index contributed by atoms with van der Waals surface area (Å²) in [7, 11) is 0. The maximum atomic E-state index is 12.4. The van der Waals surface area contributed by atoms with E-state index in [0.29, 0.717) is 5.56 Å². The van der Waals surface area contributed by atoms with Gasteiger partial charge in [0, 0.05) is 11.8 Å². The molecule has 0 radical (unpaired) electrons. The Hall–Kier alpha value is -3.23. The van der Waals surface area contributed by atoms with Crippen molar-refractivity contribution in [3.8, 4) is 28.8 Å². The molecule has 3 aromatic rings. The van der Waals surface area contributed by atoms with Gasteiger partial charge in [-0.3, -0.25) is 0 Å². The van der Waals surface area contributed by atoms with Gasteiger partial charge in [-0.25, -0.2) is 9.78 Å². The fraction of sp³-hybridized carbons (Fsp3) is 0.176. The lowest BCUT2D eigenvalue weighted by atomic mass is 10.1. The smallest absolute Gasteiger partial charge is 0.416 e. The fourth-order valence-corrected chi connectivity index (χ4v) is 2.10. The minimum absolute atomic E-state index is 0.0207. The molecule has 0 aliphatic heterocycles. The van der Waals surface area contributed by atoms with Crippen molar-refractivity contribution in [3.05, 3.63) is 47.7 Å². The lowest BCUT2D eigenvalue weighted by Gasteiger charge is -2.07. The van der Waals surface area contributed by atoms with Crippen molar-refractivity contribution >= 4 is 5.97 Å². The van der Waals surface area contributed by atoms with E-state index in [1.165, 1.54) is 18.3 Å². The highest BCUT2D eigenvalue weighted by Crippen LogP contribution is 2.31. The van der Waals surface area contributed by atoms with Crippen LogP contribution in [0.3, 0.4) is 0 Å². The number of hydrogen-bond donors (Lipinski definition) is 0. The first-order valence-corrected chi connectivity index (χ1v) is 7.41. The van der Waals surface area contributed by atoms with Gasteiger partial charge in [0.25, 0.3) is 5.89 Å². The van der Waals surface area contributed by atoms with Crippen LogP contribution in [0.2, 0.25) is 0 Å². The summed E-state index contributed by atoms with van der Waals surface area (Å²) in [5.74, 6) is -2.88. The molecule has 9 heteroatoms. The molecular formula is C17H12F3N3O3. The highest BCUT2D eigenvalue weighted by atomic mass is 19.4. The van der Waals surface area contributed by atoms with Crippen LogP contribution in [0.25, 0.3) is 22.9 Å². The number of aryl methyl sites for hydroxylation is 2. The van der Waals surface area contributed by atoms with E-state index < -0.39 is 18.0 Å². The predicted molar refractivity (Wildman–Crippen MR) is 84.1 cm³/mol. The van der Waals surface area contributed by atoms with E-state index in [9.17, 15) is 18.0 Å². The van der Waals surface area contributed by atoms with Gasteiger partial charge in [0.1, 0.15) is 5.56 Å². The zero-order valence-corrected chi connectivity index (χ0v) is 13.7. The number of carbonyl (C=O) groups excluding carboxylic acids is 1. The molecule has 0 fully saturated rings. The Bertz CT molecular complexity index is 967. The quantitative estimate of drug-likeness (QED) is 0.657. The van der Waals surface area contributed by atoms with Crippen LogP contribution in [0.1, 0.15) is 11.1 Å². The Labute approximate surface area is 145 Å². The van der Waals surface area contributed by atoms with Crippen molar-refractivity contribution in [2.45, 2.75) is 20.0 Å². The molecular weight excluding hydrogens is 351 g/mol.